The van der Waals surface area contributed by atoms with E-state index in [2.05, 4.69) is 54.7 Å². The van der Waals surface area contributed by atoms with Crippen molar-refractivity contribution in [3.63, 3.8) is 0 Å². The number of carboxylic acids is 2. The van der Waals surface area contributed by atoms with Crippen LogP contribution in [-0.2, 0) is 32.0 Å². The zero-order valence-electron chi connectivity index (χ0n) is 31.7. The normalized spacial score (nSPS) is 14.7. The van der Waals surface area contributed by atoms with E-state index in [1.807, 2.05) is 26.0 Å². The molecule has 0 atom stereocenters. The topological polar surface area (TPSA) is 188 Å². The molecule has 0 aromatic carbocycles. The first-order chi connectivity index (χ1) is 25.3. The van der Waals surface area contributed by atoms with Gasteiger partial charge in [-0.2, -0.15) is 0 Å². The first-order valence-corrected chi connectivity index (χ1v) is 18.5. The smallest absolute Gasteiger partial charge is 0.303 e. The maximum Gasteiger partial charge on any atom is 0.303 e. The van der Waals surface area contributed by atoms with E-state index in [9.17, 15) is 24.6 Å². The molecule has 6 rings (SSSR count). The second-order valence-electron chi connectivity index (χ2n) is 13.8. The van der Waals surface area contributed by atoms with E-state index in [4.69, 9.17) is 20.4 Å². The summed E-state index contributed by atoms with van der Waals surface area (Å²) >= 11 is 0. The summed E-state index contributed by atoms with van der Waals surface area (Å²) in [7, 11) is 0. The van der Waals surface area contributed by atoms with Crippen LogP contribution in [0.3, 0.4) is 0 Å². The fraction of sp³-hybridized carbons (Fsp3) is 0.439. The van der Waals surface area contributed by atoms with E-state index in [0.717, 1.165) is 107 Å². The van der Waals surface area contributed by atoms with Gasteiger partial charge in [0.25, 0.3) is 0 Å². The average Bonchev–Trinajstić information content (AvgIpc) is 3.78. The zero-order valence-corrected chi connectivity index (χ0v) is 31.7. The van der Waals surface area contributed by atoms with E-state index in [0.29, 0.717) is 30.7 Å². The number of rotatable bonds is 11. The molecule has 0 spiro atoms. The van der Waals surface area contributed by atoms with E-state index >= 15 is 0 Å². The van der Waals surface area contributed by atoms with Crippen molar-refractivity contribution in [2.24, 2.45) is 5.73 Å². The number of ether oxygens (including phenoxy) is 1. The van der Waals surface area contributed by atoms with Gasteiger partial charge in [0, 0.05) is 61.0 Å². The molecule has 6 N–H and O–H groups in total. The molecule has 1 amide bonds. The molecule has 0 unspecified atom stereocenters. The Morgan fingerprint density at radius 2 is 1.15 bits per heavy atom. The number of allylic oxidation sites excluding steroid dienone is 4. The van der Waals surface area contributed by atoms with Crippen LogP contribution in [0.4, 0.5) is 0 Å². The molecule has 12 heteroatoms. The third kappa shape index (κ3) is 9.12. The van der Waals surface area contributed by atoms with Gasteiger partial charge in [0.15, 0.2) is 0 Å². The van der Waals surface area contributed by atoms with Crippen molar-refractivity contribution in [2.45, 2.75) is 86.5 Å². The summed E-state index contributed by atoms with van der Waals surface area (Å²) in [5.74, 6) is -1.96. The predicted molar refractivity (Wildman–Crippen MR) is 209 cm³/mol. The molecule has 0 aliphatic carbocycles. The number of morpholine rings is 1. The van der Waals surface area contributed by atoms with Crippen molar-refractivity contribution in [2.75, 3.05) is 32.8 Å². The monoisotopic (exact) mass is 724 g/mol. The number of aromatic amines is 2. The van der Waals surface area contributed by atoms with Crippen LogP contribution in [0, 0.1) is 13.8 Å². The number of aliphatic carboxylic acids is 2. The minimum atomic E-state index is -0.869. The Balaban J connectivity index is 0.000000422. The highest BCUT2D eigenvalue weighted by Gasteiger charge is 2.23. The zero-order chi connectivity index (χ0) is 38.4. The van der Waals surface area contributed by atoms with Crippen molar-refractivity contribution in [3.8, 4) is 0 Å². The molecule has 8 bridgehead atoms. The summed E-state index contributed by atoms with van der Waals surface area (Å²) in [5, 5.41) is 18.9. The lowest BCUT2D eigenvalue weighted by Crippen LogP contribution is -2.38. The summed E-state index contributed by atoms with van der Waals surface area (Å²) in [6.07, 6.45) is 2.83. The van der Waals surface area contributed by atoms with Crippen LogP contribution in [-0.4, -0.2) is 85.7 Å². The lowest BCUT2D eigenvalue weighted by Gasteiger charge is -2.25. The van der Waals surface area contributed by atoms with Crippen LogP contribution >= 0.6 is 0 Å². The minimum absolute atomic E-state index is 0.0138. The van der Waals surface area contributed by atoms with Gasteiger partial charge in [-0.1, -0.05) is 13.8 Å². The number of nitrogens with one attached hydrogen (secondary N) is 2. The molecule has 0 saturated carbocycles. The Hall–Kier alpha value is -5.07. The number of nitrogens with two attached hydrogens (primary N) is 1. The van der Waals surface area contributed by atoms with Gasteiger partial charge >= 0.3 is 11.9 Å². The predicted octanol–water partition coefficient (Wildman–Crippen LogP) is 6.84. The Bertz CT molecular complexity index is 2130. The van der Waals surface area contributed by atoms with Crippen LogP contribution in [0.1, 0.15) is 105 Å². The number of carbonyl (C=O) groups is 3. The molecular weight excluding hydrogens is 672 g/mol. The number of hydrogen-bond donors (Lipinski definition) is 5. The molecule has 3 aliphatic rings. The number of nitrogens with zero attached hydrogens (tertiary/aromatic N) is 3. The average molecular weight is 725 g/mol. The van der Waals surface area contributed by atoms with Crippen LogP contribution in [0.2, 0.25) is 0 Å². The number of primary amides is 1. The highest BCUT2D eigenvalue weighted by atomic mass is 16.5. The maximum absolute atomic E-state index is 11.5. The fourth-order valence-corrected chi connectivity index (χ4v) is 7.31. The number of aryl methyl sites for hydroxylation is 4. The largest absolute Gasteiger partial charge is 0.481 e. The van der Waals surface area contributed by atoms with Gasteiger partial charge in [-0.05, 0) is 122 Å². The summed E-state index contributed by atoms with van der Waals surface area (Å²) < 4.78 is 5.15. The molecule has 3 aromatic rings. The third-order valence-electron chi connectivity index (χ3n) is 10.5. The lowest BCUT2D eigenvalue weighted by molar-refractivity contribution is -0.137. The van der Waals surface area contributed by atoms with E-state index in [1.165, 1.54) is 16.7 Å². The molecular formula is C41H52N6O6. The number of fused-ring (bicyclic) bond motifs is 8. The Morgan fingerprint density at radius 1 is 0.698 bits per heavy atom. The van der Waals surface area contributed by atoms with Gasteiger partial charge in [-0.3, -0.25) is 19.3 Å². The summed E-state index contributed by atoms with van der Waals surface area (Å²) in [4.78, 5) is 52.9. The number of hydrogen-bond acceptors (Lipinski definition) is 7. The molecule has 3 aliphatic heterocycles. The number of carboxylic acid groups (broad SMARTS) is 2. The lowest BCUT2D eigenvalue weighted by atomic mass is 9.98. The highest BCUT2D eigenvalue weighted by molar-refractivity contribution is 5.96. The van der Waals surface area contributed by atoms with Crippen molar-refractivity contribution in [1.29, 1.82) is 0 Å². The second-order valence-corrected chi connectivity index (χ2v) is 13.8. The van der Waals surface area contributed by atoms with Crippen LogP contribution < -0.4 is 5.73 Å². The molecule has 3 aromatic heterocycles. The summed E-state index contributed by atoms with van der Waals surface area (Å²) in [6, 6.07) is 8.19. The van der Waals surface area contributed by atoms with Crippen molar-refractivity contribution < 1.29 is 29.3 Å². The molecule has 12 nitrogen and oxygen atoms in total. The number of amides is 1. The van der Waals surface area contributed by atoms with Crippen molar-refractivity contribution in [3.05, 3.63) is 69.3 Å². The summed E-state index contributed by atoms with van der Waals surface area (Å²) in [5.41, 5.74) is 20.4. The molecule has 6 heterocycles. The molecule has 1 saturated heterocycles. The minimum Gasteiger partial charge on any atom is -0.481 e. The first-order valence-electron chi connectivity index (χ1n) is 18.5. The van der Waals surface area contributed by atoms with Gasteiger partial charge in [-0.25, -0.2) is 9.97 Å². The van der Waals surface area contributed by atoms with E-state index < -0.39 is 11.9 Å². The van der Waals surface area contributed by atoms with Gasteiger partial charge in [0.1, 0.15) is 0 Å². The molecule has 53 heavy (non-hydrogen) atoms. The van der Waals surface area contributed by atoms with Gasteiger partial charge < -0.3 is 30.7 Å². The van der Waals surface area contributed by atoms with E-state index in [-0.39, 0.29) is 18.7 Å². The second kappa shape index (κ2) is 17.2. The Labute approximate surface area is 310 Å². The van der Waals surface area contributed by atoms with Gasteiger partial charge in [0.2, 0.25) is 5.91 Å². The number of aromatic nitrogens is 4. The molecule has 1 fully saturated rings. The van der Waals surface area contributed by atoms with Crippen LogP contribution in [0.15, 0.2) is 24.3 Å². The van der Waals surface area contributed by atoms with Gasteiger partial charge in [-0.15, -0.1) is 0 Å². The molecule has 282 valence electrons. The quantitative estimate of drug-likeness (QED) is 0.141. The standard InChI is InChI=1S/C34H38N4O4.C7H14N2O2/c1-7-21-17(3)25-13-26-19(5)23(9-11-33(39)40)31(37-26)16-32-24(10-12-34(41)42)20(6)28(38-32)15-30-22(8-2)18(4)27(36-30)14-29(21)35-25;8-7(10)1-2-9-3-5-11-6-4-9/h13-16,35-36H,7-12H2,1-6H3,(H,39,40)(H,41,42);1-6H2,(H2,8,10). The maximum atomic E-state index is 11.5. The number of H-pyrrole nitrogens is 2. The Kier molecular flexibility index (Phi) is 12.7. The van der Waals surface area contributed by atoms with Crippen molar-refractivity contribution >= 4 is 62.2 Å². The highest BCUT2D eigenvalue weighted by Crippen LogP contribution is 2.38. The van der Waals surface area contributed by atoms with Gasteiger partial charge in [0.05, 0.1) is 36.0 Å². The third-order valence-corrected chi connectivity index (χ3v) is 10.5. The summed E-state index contributed by atoms with van der Waals surface area (Å²) in [6.45, 7) is 16.7. The SMILES string of the molecule is CCc1c(C)c2cc3[nH]c(cc4nc(cc5nc(cc1[nH]2)C(C)=C5CCC(=O)O)C(CCC(=O)O)=C4C)c(C)c3CC.NC(=O)CCN1CCOCC1. The Morgan fingerprint density at radius 3 is 1.60 bits per heavy atom. The van der Waals surface area contributed by atoms with E-state index in [1.54, 1.807) is 0 Å². The van der Waals surface area contributed by atoms with Crippen LogP contribution in [0.25, 0.3) is 44.4 Å². The fourth-order valence-electron chi connectivity index (χ4n) is 7.31. The van der Waals surface area contributed by atoms with Crippen molar-refractivity contribution in [1.82, 2.24) is 24.8 Å². The molecule has 0 radical (unpaired) electrons. The first kappa shape index (κ1) is 39.1. The number of carbonyl (C=O) groups excluding carboxylic acids is 1. The van der Waals surface area contributed by atoms with Crippen LogP contribution in [0.5, 0.6) is 0 Å².